The van der Waals surface area contributed by atoms with Gasteiger partial charge in [0.25, 0.3) is 5.91 Å². The van der Waals surface area contributed by atoms with Crippen LogP contribution in [0.1, 0.15) is 30.6 Å². The SMILES string of the molecule is CCCNC(=O)C(C)NC(=O)c1cccc(Cl)c1[N+](=O)[O-]. The minimum Gasteiger partial charge on any atom is -0.354 e. The fraction of sp³-hybridized carbons (Fsp3) is 0.385. The second kappa shape index (κ2) is 7.58. The number of carbonyl (C=O) groups is 2. The molecule has 114 valence electrons. The molecule has 0 radical (unpaired) electrons. The molecule has 0 aromatic heterocycles. The molecule has 0 fully saturated rings. The fourth-order valence-corrected chi connectivity index (χ4v) is 1.87. The van der Waals surface area contributed by atoms with Crippen molar-refractivity contribution < 1.29 is 14.5 Å². The van der Waals surface area contributed by atoms with Crippen LogP contribution in [0, 0.1) is 10.1 Å². The highest BCUT2D eigenvalue weighted by atomic mass is 35.5. The first kappa shape index (κ1) is 16.9. The monoisotopic (exact) mass is 313 g/mol. The molecule has 21 heavy (non-hydrogen) atoms. The standard InChI is InChI=1S/C13H16ClN3O4/c1-3-7-15-12(18)8(2)16-13(19)9-5-4-6-10(14)11(9)17(20)21/h4-6,8H,3,7H2,1-2H3,(H,15,18)(H,16,19). The van der Waals surface area contributed by atoms with Crippen LogP contribution in [-0.2, 0) is 4.79 Å². The lowest BCUT2D eigenvalue weighted by Gasteiger charge is -2.14. The van der Waals surface area contributed by atoms with Crippen molar-refractivity contribution in [3.05, 3.63) is 38.9 Å². The highest BCUT2D eigenvalue weighted by Gasteiger charge is 2.25. The van der Waals surface area contributed by atoms with Crippen LogP contribution in [0.15, 0.2) is 18.2 Å². The van der Waals surface area contributed by atoms with Crippen LogP contribution in [0.25, 0.3) is 0 Å². The lowest BCUT2D eigenvalue weighted by atomic mass is 10.1. The Balaban J connectivity index is 2.88. The molecule has 1 atom stereocenters. The van der Waals surface area contributed by atoms with E-state index in [1.165, 1.54) is 25.1 Å². The molecule has 1 aromatic carbocycles. The Bertz CT molecular complexity index is 562. The van der Waals surface area contributed by atoms with Crippen molar-refractivity contribution >= 4 is 29.1 Å². The topological polar surface area (TPSA) is 101 Å². The number of para-hydroxylation sites is 1. The summed E-state index contributed by atoms with van der Waals surface area (Å²) < 4.78 is 0. The molecule has 2 N–H and O–H groups in total. The van der Waals surface area contributed by atoms with Crippen LogP contribution in [0.4, 0.5) is 5.69 Å². The van der Waals surface area contributed by atoms with E-state index in [4.69, 9.17) is 11.6 Å². The molecular formula is C13H16ClN3O4. The van der Waals surface area contributed by atoms with Gasteiger partial charge in [-0.1, -0.05) is 24.6 Å². The van der Waals surface area contributed by atoms with Crippen molar-refractivity contribution in [2.75, 3.05) is 6.54 Å². The summed E-state index contributed by atoms with van der Waals surface area (Å²) in [5.74, 6) is -1.07. The first-order valence-electron chi connectivity index (χ1n) is 6.40. The molecule has 0 aliphatic rings. The van der Waals surface area contributed by atoms with E-state index in [1.807, 2.05) is 6.92 Å². The second-order valence-corrected chi connectivity index (χ2v) is 4.79. The molecule has 0 aliphatic carbocycles. The van der Waals surface area contributed by atoms with Gasteiger partial charge in [-0.15, -0.1) is 0 Å². The molecule has 7 nitrogen and oxygen atoms in total. The third-order valence-corrected chi connectivity index (χ3v) is 3.01. The van der Waals surface area contributed by atoms with Crippen LogP contribution in [0.2, 0.25) is 5.02 Å². The predicted molar refractivity (Wildman–Crippen MR) is 78.3 cm³/mol. The molecule has 0 heterocycles. The van der Waals surface area contributed by atoms with Crippen molar-refractivity contribution in [1.82, 2.24) is 10.6 Å². The predicted octanol–water partition coefficient (Wildman–Crippen LogP) is 1.89. The zero-order chi connectivity index (χ0) is 16.0. The summed E-state index contributed by atoms with van der Waals surface area (Å²) in [6.45, 7) is 3.90. The molecule has 0 aliphatic heterocycles. The Morgan fingerprint density at radius 1 is 1.43 bits per heavy atom. The smallest absolute Gasteiger partial charge is 0.300 e. The normalized spacial score (nSPS) is 11.6. The largest absolute Gasteiger partial charge is 0.354 e. The minimum atomic E-state index is -0.803. The molecule has 0 spiro atoms. The third kappa shape index (κ3) is 4.42. The van der Waals surface area contributed by atoms with Crippen molar-refractivity contribution in [2.45, 2.75) is 26.3 Å². The number of carbonyl (C=O) groups excluding carboxylic acids is 2. The quantitative estimate of drug-likeness (QED) is 0.618. The minimum absolute atomic E-state index is 0.129. The van der Waals surface area contributed by atoms with E-state index in [0.717, 1.165) is 6.42 Å². The van der Waals surface area contributed by atoms with Gasteiger partial charge in [0.2, 0.25) is 5.91 Å². The maximum Gasteiger partial charge on any atom is 0.300 e. The lowest BCUT2D eigenvalue weighted by molar-refractivity contribution is -0.385. The summed E-state index contributed by atoms with van der Waals surface area (Å²) in [4.78, 5) is 34.0. The molecule has 2 amide bonds. The Hall–Kier alpha value is -2.15. The number of hydrogen-bond donors (Lipinski definition) is 2. The number of nitrogens with one attached hydrogen (secondary N) is 2. The third-order valence-electron chi connectivity index (χ3n) is 2.70. The number of halogens is 1. The van der Waals surface area contributed by atoms with Gasteiger partial charge in [0.15, 0.2) is 0 Å². The van der Waals surface area contributed by atoms with Crippen LogP contribution in [0.3, 0.4) is 0 Å². The molecule has 1 unspecified atom stereocenters. The van der Waals surface area contributed by atoms with Crippen molar-refractivity contribution in [3.8, 4) is 0 Å². The number of nitro benzene ring substituents is 1. The van der Waals surface area contributed by atoms with Crippen molar-refractivity contribution in [1.29, 1.82) is 0 Å². The fourth-order valence-electron chi connectivity index (χ4n) is 1.63. The first-order valence-corrected chi connectivity index (χ1v) is 6.77. The second-order valence-electron chi connectivity index (χ2n) is 4.38. The number of benzene rings is 1. The molecule has 0 bridgehead atoms. The average molecular weight is 314 g/mol. The maximum absolute atomic E-state index is 12.1. The summed E-state index contributed by atoms with van der Waals surface area (Å²) in [6.07, 6.45) is 0.770. The van der Waals surface area contributed by atoms with Gasteiger partial charge in [-0.05, 0) is 25.5 Å². The average Bonchev–Trinajstić information content (AvgIpc) is 2.43. The van der Waals surface area contributed by atoms with E-state index >= 15 is 0 Å². The number of nitrogens with zero attached hydrogens (tertiary/aromatic N) is 1. The van der Waals surface area contributed by atoms with Gasteiger partial charge < -0.3 is 10.6 Å². The van der Waals surface area contributed by atoms with Gasteiger partial charge in [-0.2, -0.15) is 0 Å². The Morgan fingerprint density at radius 3 is 2.67 bits per heavy atom. The number of nitro groups is 1. The molecular weight excluding hydrogens is 298 g/mol. The van der Waals surface area contributed by atoms with Gasteiger partial charge in [0, 0.05) is 6.54 Å². The van der Waals surface area contributed by atoms with Crippen LogP contribution < -0.4 is 10.6 Å². The van der Waals surface area contributed by atoms with E-state index in [0.29, 0.717) is 6.54 Å². The summed E-state index contributed by atoms with van der Waals surface area (Å²) >= 11 is 5.74. The van der Waals surface area contributed by atoms with Gasteiger partial charge >= 0.3 is 5.69 Å². The highest BCUT2D eigenvalue weighted by molar-refractivity contribution is 6.33. The van der Waals surface area contributed by atoms with Gasteiger partial charge in [0.1, 0.15) is 16.6 Å². The zero-order valence-corrected chi connectivity index (χ0v) is 12.4. The lowest BCUT2D eigenvalue weighted by Crippen LogP contribution is -2.45. The maximum atomic E-state index is 12.1. The van der Waals surface area contributed by atoms with Crippen LogP contribution >= 0.6 is 11.6 Å². The highest BCUT2D eigenvalue weighted by Crippen LogP contribution is 2.28. The summed E-state index contributed by atoms with van der Waals surface area (Å²) in [5.41, 5.74) is -0.652. The molecule has 0 saturated heterocycles. The molecule has 1 rings (SSSR count). The Morgan fingerprint density at radius 2 is 2.10 bits per heavy atom. The van der Waals surface area contributed by atoms with E-state index < -0.39 is 22.6 Å². The van der Waals surface area contributed by atoms with Gasteiger partial charge in [0.05, 0.1) is 4.92 Å². The van der Waals surface area contributed by atoms with Gasteiger partial charge in [-0.25, -0.2) is 0 Å². The van der Waals surface area contributed by atoms with Crippen LogP contribution in [0.5, 0.6) is 0 Å². The number of amides is 2. The Kier molecular flexibility index (Phi) is 6.10. The van der Waals surface area contributed by atoms with Crippen molar-refractivity contribution in [3.63, 3.8) is 0 Å². The number of rotatable bonds is 6. The summed E-state index contributed by atoms with van der Waals surface area (Å²) in [6, 6.07) is 3.25. The zero-order valence-electron chi connectivity index (χ0n) is 11.7. The van der Waals surface area contributed by atoms with E-state index in [9.17, 15) is 19.7 Å². The van der Waals surface area contributed by atoms with E-state index in [2.05, 4.69) is 10.6 Å². The first-order chi connectivity index (χ1) is 9.88. The molecule has 0 saturated carbocycles. The number of hydrogen-bond acceptors (Lipinski definition) is 4. The summed E-state index contributed by atoms with van der Waals surface area (Å²) in [5, 5.41) is 15.9. The molecule has 8 heteroatoms. The van der Waals surface area contributed by atoms with E-state index in [1.54, 1.807) is 0 Å². The van der Waals surface area contributed by atoms with Crippen molar-refractivity contribution in [2.24, 2.45) is 0 Å². The molecule has 1 aromatic rings. The van der Waals surface area contributed by atoms with Crippen LogP contribution in [-0.4, -0.2) is 29.3 Å². The Labute approximate surface area is 126 Å². The van der Waals surface area contributed by atoms with E-state index in [-0.39, 0.29) is 16.5 Å². The van der Waals surface area contributed by atoms with Gasteiger partial charge in [-0.3, -0.25) is 19.7 Å². The summed E-state index contributed by atoms with van der Waals surface area (Å²) in [7, 11) is 0.